The molecule has 0 aliphatic carbocycles. The molecule has 0 atom stereocenters. The SMILES string of the molecule is CNc1nc(-c2ccccc2)nc2c1ncn2Cc1ccccc1F.CS(=O)(=O)O. The first-order valence-corrected chi connectivity index (χ1v) is 10.7. The van der Waals surface area contributed by atoms with E-state index in [0.29, 0.717) is 41.2 Å². The molecule has 156 valence electrons. The third-order valence-electron chi connectivity index (χ3n) is 4.03. The summed E-state index contributed by atoms with van der Waals surface area (Å²) in [6.45, 7) is 0.359. The first-order valence-electron chi connectivity index (χ1n) is 8.88. The molecule has 2 N–H and O–H groups in total. The lowest BCUT2D eigenvalue weighted by Gasteiger charge is -2.08. The van der Waals surface area contributed by atoms with Gasteiger partial charge in [0, 0.05) is 18.2 Å². The van der Waals surface area contributed by atoms with Crippen molar-refractivity contribution in [2.24, 2.45) is 0 Å². The summed E-state index contributed by atoms with van der Waals surface area (Å²) in [5.74, 6) is 1.01. The Morgan fingerprint density at radius 1 is 1.07 bits per heavy atom. The number of anilines is 1. The van der Waals surface area contributed by atoms with Crippen LogP contribution in [0.1, 0.15) is 5.56 Å². The van der Waals surface area contributed by atoms with E-state index in [4.69, 9.17) is 4.55 Å². The Bertz CT molecular complexity index is 1250. The summed E-state index contributed by atoms with van der Waals surface area (Å²) in [6, 6.07) is 16.5. The van der Waals surface area contributed by atoms with Gasteiger partial charge in [-0.25, -0.2) is 19.3 Å². The van der Waals surface area contributed by atoms with E-state index < -0.39 is 10.1 Å². The second-order valence-electron chi connectivity index (χ2n) is 6.38. The molecule has 0 aliphatic rings. The van der Waals surface area contributed by atoms with E-state index in [2.05, 4.69) is 20.3 Å². The number of nitrogens with zero attached hydrogens (tertiary/aromatic N) is 4. The largest absolute Gasteiger partial charge is 0.371 e. The molecule has 8 nitrogen and oxygen atoms in total. The van der Waals surface area contributed by atoms with Crippen LogP contribution in [0, 0.1) is 5.82 Å². The molecule has 0 bridgehead atoms. The van der Waals surface area contributed by atoms with Crippen LogP contribution in [0.25, 0.3) is 22.6 Å². The quantitative estimate of drug-likeness (QED) is 0.479. The molecule has 0 saturated carbocycles. The number of nitrogens with one attached hydrogen (secondary N) is 1. The van der Waals surface area contributed by atoms with Crippen LogP contribution in [0.4, 0.5) is 10.2 Å². The zero-order valence-electron chi connectivity index (χ0n) is 16.3. The Morgan fingerprint density at radius 3 is 2.33 bits per heavy atom. The first kappa shape index (κ1) is 21.3. The number of hydrogen-bond acceptors (Lipinski definition) is 6. The van der Waals surface area contributed by atoms with Crippen molar-refractivity contribution in [3.05, 3.63) is 72.3 Å². The van der Waals surface area contributed by atoms with E-state index in [9.17, 15) is 12.8 Å². The summed E-state index contributed by atoms with van der Waals surface area (Å²) in [5, 5.41) is 3.07. The average molecular weight is 429 g/mol. The molecule has 0 radical (unpaired) electrons. The molecule has 2 heterocycles. The Morgan fingerprint density at radius 2 is 1.70 bits per heavy atom. The average Bonchev–Trinajstić information content (AvgIpc) is 3.11. The van der Waals surface area contributed by atoms with Crippen LogP contribution in [-0.2, 0) is 16.7 Å². The summed E-state index contributed by atoms with van der Waals surface area (Å²) >= 11 is 0. The summed E-state index contributed by atoms with van der Waals surface area (Å²) in [4.78, 5) is 13.6. The highest BCUT2D eigenvalue weighted by atomic mass is 32.2. The normalized spacial score (nSPS) is 11.1. The molecule has 2 aromatic heterocycles. The van der Waals surface area contributed by atoms with Gasteiger partial charge in [-0.3, -0.25) is 4.55 Å². The predicted molar refractivity (Wildman–Crippen MR) is 113 cm³/mol. The van der Waals surface area contributed by atoms with Gasteiger partial charge in [-0.15, -0.1) is 0 Å². The molecule has 0 saturated heterocycles. The smallest absolute Gasteiger partial charge is 0.261 e. The number of aromatic nitrogens is 4. The van der Waals surface area contributed by atoms with Crippen LogP contribution in [0.15, 0.2) is 60.9 Å². The van der Waals surface area contributed by atoms with Crippen LogP contribution in [0.2, 0.25) is 0 Å². The maximum absolute atomic E-state index is 14.0. The Balaban J connectivity index is 0.000000461. The number of benzene rings is 2. The van der Waals surface area contributed by atoms with Crippen molar-refractivity contribution < 1.29 is 17.4 Å². The highest BCUT2D eigenvalue weighted by molar-refractivity contribution is 7.85. The van der Waals surface area contributed by atoms with Crippen LogP contribution in [-0.4, -0.2) is 45.8 Å². The zero-order chi connectivity index (χ0) is 21.7. The van der Waals surface area contributed by atoms with Gasteiger partial charge in [0.2, 0.25) is 0 Å². The van der Waals surface area contributed by atoms with Crippen LogP contribution < -0.4 is 5.32 Å². The topological polar surface area (TPSA) is 110 Å². The number of rotatable bonds is 4. The summed E-state index contributed by atoms with van der Waals surface area (Å²) < 4.78 is 41.7. The molecular weight excluding hydrogens is 409 g/mol. The van der Waals surface area contributed by atoms with Crippen molar-refractivity contribution in [1.29, 1.82) is 0 Å². The minimum Gasteiger partial charge on any atom is -0.371 e. The van der Waals surface area contributed by atoms with E-state index in [1.54, 1.807) is 25.5 Å². The van der Waals surface area contributed by atoms with Gasteiger partial charge in [-0.1, -0.05) is 48.5 Å². The van der Waals surface area contributed by atoms with E-state index in [0.717, 1.165) is 5.56 Å². The van der Waals surface area contributed by atoms with Gasteiger partial charge in [0.1, 0.15) is 11.3 Å². The van der Waals surface area contributed by atoms with Gasteiger partial charge in [0.05, 0.1) is 19.1 Å². The molecule has 0 fully saturated rings. The molecule has 0 spiro atoms. The fraction of sp³-hybridized carbons (Fsp3) is 0.150. The zero-order valence-corrected chi connectivity index (χ0v) is 17.1. The molecule has 0 amide bonds. The fourth-order valence-electron chi connectivity index (χ4n) is 2.76. The number of imidazole rings is 1. The van der Waals surface area contributed by atoms with Gasteiger partial charge < -0.3 is 9.88 Å². The van der Waals surface area contributed by atoms with E-state index in [1.165, 1.54) is 6.07 Å². The summed E-state index contributed by atoms with van der Waals surface area (Å²) in [6.07, 6.45) is 2.38. The molecule has 0 unspecified atom stereocenters. The maximum atomic E-state index is 14.0. The van der Waals surface area contributed by atoms with Gasteiger partial charge in [-0.05, 0) is 6.07 Å². The highest BCUT2D eigenvalue weighted by Gasteiger charge is 2.14. The second kappa shape index (κ2) is 8.97. The summed E-state index contributed by atoms with van der Waals surface area (Å²) in [5.41, 5.74) is 2.84. The van der Waals surface area contributed by atoms with E-state index in [1.807, 2.05) is 41.0 Å². The van der Waals surface area contributed by atoms with Crippen molar-refractivity contribution in [2.45, 2.75) is 6.54 Å². The van der Waals surface area contributed by atoms with E-state index >= 15 is 0 Å². The lowest BCUT2D eigenvalue weighted by Crippen LogP contribution is -2.04. The molecular formula is C20H20FN5O3S. The minimum absolute atomic E-state index is 0.240. The van der Waals surface area contributed by atoms with Crippen LogP contribution in [0.5, 0.6) is 0 Å². The number of halogens is 1. The van der Waals surface area contributed by atoms with Crippen molar-refractivity contribution in [3.8, 4) is 11.4 Å². The third kappa shape index (κ3) is 5.37. The number of hydrogen-bond donors (Lipinski definition) is 2. The van der Waals surface area contributed by atoms with Crippen molar-refractivity contribution in [3.63, 3.8) is 0 Å². The van der Waals surface area contributed by atoms with Gasteiger partial charge in [-0.2, -0.15) is 8.42 Å². The molecule has 0 aliphatic heterocycles. The van der Waals surface area contributed by atoms with Gasteiger partial charge in [0.15, 0.2) is 17.3 Å². The predicted octanol–water partition coefficient (Wildman–Crippen LogP) is 3.23. The van der Waals surface area contributed by atoms with Crippen molar-refractivity contribution in [1.82, 2.24) is 19.5 Å². The highest BCUT2D eigenvalue weighted by Crippen LogP contribution is 2.24. The molecule has 10 heteroatoms. The Hall–Kier alpha value is -3.37. The van der Waals surface area contributed by atoms with E-state index in [-0.39, 0.29) is 5.82 Å². The van der Waals surface area contributed by atoms with Gasteiger partial charge in [0.25, 0.3) is 10.1 Å². The molecule has 2 aromatic carbocycles. The Kier molecular flexibility index (Phi) is 6.38. The fourth-order valence-corrected chi connectivity index (χ4v) is 2.76. The van der Waals surface area contributed by atoms with Crippen molar-refractivity contribution in [2.75, 3.05) is 18.6 Å². The van der Waals surface area contributed by atoms with Crippen LogP contribution >= 0.6 is 0 Å². The lowest BCUT2D eigenvalue weighted by atomic mass is 10.2. The second-order valence-corrected chi connectivity index (χ2v) is 7.85. The number of fused-ring (bicyclic) bond motifs is 1. The summed E-state index contributed by atoms with van der Waals surface area (Å²) in [7, 11) is -1.87. The third-order valence-corrected chi connectivity index (χ3v) is 4.03. The van der Waals surface area contributed by atoms with Crippen LogP contribution in [0.3, 0.4) is 0 Å². The molecule has 30 heavy (non-hydrogen) atoms. The van der Waals surface area contributed by atoms with Crippen molar-refractivity contribution >= 4 is 27.1 Å². The lowest BCUT2D eigenvalue weighted by molar-refractivity contribution is 0.490. The molecule has 4 rings (SSSR count). The van der Waals surface area contributed by atoms with Gasteiger partial charge >= 0.3 is 0 Å². The maximum Gasteiger partial charge on any atom is 0.261 e. The standard InChI is InChI=1S/C19H16FN5.CH4O3S/c1-21-18-16-19(24-17(23-18)13-7-3-2-4-8-13)25(12-22-16)11-14-9-5-6-10-15(14)20;1-5(2,3)4/h2-10,12H,11H2,1H3,(H,21,23,24);1H3,(H,2,3,4). The Labute approximate surface area is 173 Å². The monoisotopic (exact) mass is 429 g/mol. The minimum atomic E-state index is -3.67. The first-order chi connectivity index (χ1) is 14.3. The molecule has 4 aromatic rings.